The number of hydrogen-bond acceptors (Lipinski definition) is 3. The summed E-state index contributed by atoms with van der Waals surface area (Å²) in [4.78, 5) is -0.0668. The molecule has 0 aliphatic rings. The van der Waals surface area contributed by atoms with Gasteiger partial charge in [0.2, 0.25) is 0 Å². The van der Waals surface area contributed by atoms with Crippen LogP contribution in [0, 0.1) is 7.11 Å². The van der Waals surface area contributed by atoms with E-state index < -0.39 is 10.1 Å². The van der Waals surface area contributed by atoms with Gasteiger partial charge in [-0.1, -0.05) is 35.9 Å². The van der Waals surface area contributed by atoms with E-state index in [-0.39, 0.29) is 9.92 Å². The van der Waals surface area contributed by atoms with Gasteiger partial charge < -0.3 is 0 Å². The van der Waals surface area contributed by atoms with Gasteiger partial charge in [-0.2, -0.15) is 8.42 Å². The van der Waals surface area contributed by atoms with Crippen molar-refractivity contribution in [1.82, 2.24) is 0 Å². The molecule has 2 aromatic rings. The van der Waals surface area contributed by atoms with Crippen molar-refractivity contribution < 1.29 is 12.6 Å². The van der Waals surface area contributed by atoms with Gasteiger partial charge >= 0.3 is 0 Å². The zero-order valence-electron chi connectivity index (χ0n) is 8.18. The van der Waals surface area contributed by atoms with Gasteiger partial charge in [0.05, 0.1) is 12.1 Å². The maximum atomic E-state index is 11.5. The summed E-state index contributed by atoms with van der Waals surface area (Å²) in [6.45, 7) is 0. The first kappa shape index (κ1) is 11.4. The third-order valence-corrected chi connectivity index (χ3v) is 3.84. The van der Waals surface area contributed by atoms with Gasteiger partial charge in [0.15, 0.2) is 0 Å². The van der Waals surface area contributed by atoms with Crippen molar-refractivity contribution in [1.29, 1.82) is 0 Å². The molecule has 16 heavy (non-hydrogen) atoms. The fourth-order valence-electron chi connectivity index (χ4n) is 1.45. The fourth-order valence-corrected chi connectivity index (χ4v) is 2.60. The van der Waals surface area contributed by atoms with E-state index in [1.165, 1.54) is 6.07 Å². The molecule has 0 saturated heterocycles. The SMILES string of the molecule is [CH2]OS(=O)(=O)c1cc2ccccc2cc1Cl. The highest BCUT2D eigenvalue weighted by molar-refractivity contribution is 7.87. The van der Waals surface area contributed by atoms with Gasteiger partial charge in [0, 0.05) is 0 Å². The topological polar surface area (TPSA) is 43.4 Å². The van der Waals surface area contributed by atoms with E-state index >= 15 is 0 Å². The molecule has 0 saturated carbocycles. The van der Waals surface area contributed by atoms with Crippen molar-refractivity contribution >= 4 is 32.5 Å². The summed E-state index contributed by atoms with van der Waals surface area (Å²) in [6, 6.07) is 10.4. The number of benzene rings is 2. The van der Waals surface area contributed by atoms with Crippen LogP contribution < -0.4 is 0 Å². The summed E-state index contributed by atoms with van der Waals surface area (Å²) in [5.74, 6) is 0. The Morgan fingerprint density at radius 3 is 2.25 bits per heavy atom. The molecule has 0 atom stereocenters. The van der Waals surface area contributed by atoms with Crippen LogP contribution in [0.15, 0.2) is 41.3 Å². The molecule has 2 aromatic carbocycles. The summed E-state index contributed by atoms with van der Waals surface area (Å²) in [7, 11) is -0.955. The number of halogens is 1. The largest absolute Gasteiger partial charge is 0.298 e. The Kier molecular flexibility index (Phi) is 2.88. The molecule has 83 valence electrons. The van der Waals surface area contributed by atoms with Crippen molar-refractivity contribution in [3.8, 4) is 0 Å². The van der Waals surface area contributed by atoms with E-state index in [1.807, 2.05) is 18.2 Å². The molecule has 0 aliphatic heterocycles. The second-order valence-electron chi connectivity index (χ2n) is 3.20. The Morgan fingerprint density at radius 2 is 1.69 bits per heavy atom. The third kappa shape index (κ3) is 1.91. The average Bonchev–Trinajstić information content (AvgIpc) is 2.28. The highest BCUT2D eigenvalue weighted by Gasteiger charge is 2.17. The zero-order chi connectivity index (χ0) is 11.8. The molecule has 0 spiro atoms. The minimum atomic E-state index is -3.86. The molecular weight excluding hydrogens is 248 g/mol. The van der Waals surface area contributed by atoms with Crippen LogP contribution in [0.1, 0.15) is 0 Å². The maximum absolute atomic E-state index is 11.5. The Balaban J connectivity index is 2.78. The third-order valence-electron chi connectivity index (χ3n) is 2.22. The molecule has 0 heterocycles. The lowest BCUT2D eigenvalue weighted by molar-refractivity contribution is 0.438. The van der Waals surface area contributed by atoms with Gasteiger partial charge in [-0.25, -0.2) is 0 Å². The van der Waals surface area contributed by atoms with Crippen molar-refractivity contribution in [3.05, 3.63) is 48.5 Å². The first-order valence-electron chi connectivity index (χ1n) is 4.41. The lowest BCUT2D eigenvalue weighted by atomic mass is 10.1. The van der Waals surface area contributed by atoms with Crippen LogP contribution in [0.25, 0.3) is 10.8 Å². The van der Waals surface area contributed by atoms with Crippen molar-refractivity contribution in [3.63, 3.8) is 0 Å². The van der Waals surface area contributed by atoms with Crippen molar-refractivity contribution in [2.75, 3.05) is 0 Å². The zero-order valence-corrected chi connectivity index (χ0v) is 9.75. The van der Waals surface area contributed by atoms with E-state index in [0.29, 0.717) is 0 Å². The second-order valence-corrected chi connectivity index (χ2v) is 5.19. The van der Waals surface area contributed by atoms with Gasteiger partial charge in [0.25, 0.3) is 10.1 Å². The molecule has 0 N–H and O–H groups in total. The summed E-state index contributed by atoms with van der Waals surface area (Å²) in [5.41, 5.74) is 0. The summed E-state index contributed by atoms with van der Waals surface area (Å²) < 4.78 is 27.2. The normalized spacial score (nSPS) is 11.9. The van der Waals surface area contributed by atoms with Gasteiger partial charge in [0.1, 0.15) is 4.90 Å². The number of hydrogen-bond donors (Lipinski definition) is 0. The molecule has 0 fully saturated rings. The van der Waals surface area contributed by atoms with E-state index in [4.69, 9.17) is 11.6 Å². The standard InChI is InChI=1S/C11H8ClO3S/c1-15-16(13,14)11-7-9-5-3-2-4-8(9)6-10(11)12/h2-7H,1H2. The smallest absolute Gasteiger partial charge is 0.264 e. The van der Waals surface area contributed by atoms with E-state index in [1.54, 1.807) is 12.1 Å². The molecule has 0 bridgehead atoms. The average molecular weight is 256 g/mol. The van der Waals surface area contributed by atoms with Crippen LogP contribution in [0.2, 0.25) is 5.02 Å². The highest BCUT2D eigenvalue weighted by atomic mass is 35.5. The lowest BCUT2D eigenvalue weighted by Crippen LogP contribution is -2.02. The minimum Gasteiger partial charge on any atom is -0.264 e. The maximum Gasteiger partial charge on any atom is 0.298 e. The summed E-state index contributed by atoms with van der Waals surface area (Å²) in [6.07, 6.45) is 0. The van der Waals surface area contributed by atoms with Crippen LogP contribution in [0.5, 0.6) is 0 Å². The van der Waals surface area contributed by atoms with Gasteiger partial charge in [-0.15, -0.1) is 0 Å². The van der Waals surface area contributed by atoms with Crippen molar-refractivity contribution in [2.45, 2.75) is 4.90 Å². The Labute approximate surface area is 98.7 Å². The molecule has 2 rings (SSSR count). The van der Waals surface area contributed by atoms with E-state index in [0.717, 1.165) is 10.8 Å². The quantitative estimate of drug-likeness (QED) is 0.775. The first-order chi connectivity index (χ1) is 7.54. The fraction of sp³-hybridized carbons (Fsp3) is 0. The monoisotopic (exact) mass is 255 g/mol. The molecular formula is C11H8ClO3S. The molecule has 0 amide bonds. The Hall–Kier alpha value is -1.10. The van der Waals surface area contributed by atoms with Gasteiger partial charge in [-0.3, -0.25) is 4.18 Å². The molecule has 5 heteroatoms. The predicted octanol–water partition coefficient (Wildman–Crippen LogP) is 2.99. The number of rotatable bonds is 2. The Morgan fingerprint density at radius 1 is 1.12 bits per heavy atom. The van der Waals surface area contributed by atoms with Crippen LogP contribution in [-0.2, 0) is 14.3 Å². The van der Waals surface area contributed by atoms with Crippen LogP contribution >= 0.6 is 11.6 Å². The molecule has 0 aliphatic carbocycles. The second kappa shape index (κ2) is 4.05. The first-order valence-corrected chi connectivity index (χ1v) is 6.20. The molecule has 0 unspecified atom stereocenters. The predicted molar refractivity (Wildman–Crippen MR) is 62.6 cm³/mol. The highest BCUT2D eigenvalue weighted by Crippen LogP contribution is 2.28. The summed E-state index contributed by atoms with van der Waals surface area (Å²) in [5, 5.41) is 1.78. The van der Waals surface area contributed by atoms with Gasteiger partial charge in [-0.05, 0) is 22.9 Å². The summed E-state index contributed by atoms with van der Waals surface area (Å²) >= 11 is 5.88. The minimum absolute atomic E-state index is 0.0668. The van der Waals surface area contributed by atoms with E-state index in [9.17, 15) is 8.42 Å². The van der Waals surface area contributed by atoms with Crippen molar-refractivity contribution in [2.24, 2.45) is 0 Å². The number of fused-ring (bicyclic) bond motifs is 1. The van der Waals surface area contributed by atoms with Crippen LogP contribution in [0.4, 0.5) is 0 Å². The van der Waals surface area contributed by atoms with E-state index in [2.05, 4.69) is 11.3 Å². The lowest BCUT2D eigenvalue weighted by Gasteiger charge is -2.05. The molecule has 3 nitrogen and oxygen atoms in total. The molecule has 1 radical (unpaired) electrons. The molecule has 0 aromatic heterocycles. The van der Waals surface area contributed by atoms with Crippen LogP contribution in [0.3, 0.4) is 0 Å². The van der Waals surface area contributed by atoms with Crippen LogP contribution in [-0.4, -0.2) is 8.42 Å². The Bertz CT molecular complexity index is 635.